The maximum Gasteiger partial charge on any atom is 0.188 e. The van der Waals surface area contributed by atoms with Crippen LogP contribution in [0.4, 0.5) is 5.69 Å². The van der Waals surface area contributed by atoms with Crippen molar-refractivity contribution < 1.29 is 0 Å². The van der Waals surface area contributed by atoms with E-state index in [-0.39, 0.29) is 0 Å². The van der Waals surface area contributed by atoms with Gasteiger partial charge in [0.2, 0.25) is 0 Å². The van der Waals surface area contributed by atoms with Crippen molar-refractivity contribution in [3.63, 3.8) is 0 Å². The van der Waals surface area contributed by atoms with Crippen LogP contribution in [0.5, 0.6) is 0 Å². The zero-order chi connectivity index (χ0) is 14.5. The molecule has 0 aliphatic carbocycles. The molecule has 0 amide bonds. The number of thioether (sulfide) groups is 1. The smallest absolute Gasteiger partial charge is 0.188 e. The van der Waals surface area contributed by atoms with Gasteiger partial charge in [0.05, 0.1) is 0 Å². The van der Waals surface area contributed by atoms with Gasteiger partial charge in [-0.1, -0.05) is 23.9 Å². The Morgan fingerprint density at radius 1 is 1.10 bits per heavy atom. The number of hydrogen-bond acceptors (Lipinski definition) is 4. The molecular weight excluding hydrogens is 334 g/mol. The summed E-state index contributed by atoms with van der Waals surface area (Å²) in [6.45, 7) is 7.01. The first kappa shape index (κ1) is 15.3. The highest BCUT2D eigenvalue weighted by Gasteiger charge is 2.05. The van der Waals surface area contributed by atoms with Crippen molar-refractivity contribution in [3.8, 4) is 0 Å². The number of benzene rings is 1. The number of nitrogens with zero attached hydrogens (tertiary/aromatic N) is 2. The van der Waals surface area contributed by atoms with E-state index in [1.165, 1.54) is 5.56 Å². The number of hydrogen-bond donors (Lipinski definition) is 1. The van der Waals surface area contributed by atoms with E-state index in [2.05, 4.69) is 44.2 Å². The lowest BCUT2D eigenvalue weighted by atomic mass is 10.2. The number of nitrogens with one attached hydrogen (secondary N) is 1. The molecule has 0 atom stereocenters. The molecular formula is C15H18BrN3S. The zero-order valence-corrected chi connectivity index (χ0v) is 14.3. The van der Waals surface area contributed by atoms with Crippen LogP contribution < -0.4 is 5.32 Å². The van der Waals surface area contributed by atoms with Gasteiger partial charge in [-0.2, -0.15) is 0 Å². The van der Waals surface area contributed by atoms with Crippen LogP contribution in [0, 0.1) is 20.8 Å². The van der Waals surface area contributed by atoms with Crippen LogP contribution in [0.25, 0.3) is 0 Å². The van der Waals surface area contributed by atoms with E-state index in [1.807, 2.05) is 32.0 Å². The Morgan fingerprint density at radius 2 is 1.75 bits per heavy atom. The highest BCUT2D eigenvalue weighted by molar-refractivity contribution is 9.10. The summed E-state index contributed by atoms with van der Waals surface area (Å²) in [6.07, 6.45) is 0. The van der Waals surface area contributed by atoms with Gasteiger partial charge in [-0.25, -0.2) is 9.97 Å². The molecule has 0 aliphatic heterocycles. The molecule has 1 N–H and O–H groups in total. The quantitative estimate of drug-likeness (QED) is 0.493. The second kappa shape index (κ2) is 7.09. The highest BCUT2D eigenvalue weighted by Crippen LogP contribution is 2.22. The average Bonchev–Trinajstić information content (AvgIpc) is 2.42. The standard InChI is InChI=1S/C15H18BrN3S/c1-10-11(2)18-15(19-12(10)3)20-9-8-17-14-7-5-4-6-13(14)16/h4-7,17H,8-9H2,1-3H3. The average molecular weight is 352 g/mol. The molecule has 3 nitrogen and oxygen atoms in total. The van der Waals surface area contributed by atoms with E-state index in [0.29, 0.717) is 0 Å². The van der Waals surface area contributed by atoms with Crippen LogP contribution in [-0.2, 0) is 0 Å². The second-order valence-corrected chi connectivity index (χ2v) is 6.47. The molecule has 2 aromatic rings. The molecule has 2 rings (SSSR count). The van der Waals surface area contributed by atoms with Crippen LogP contribution in [0.2, 0.25) is 0 Å². The Hall–Kier alpha value is -1.07. The molecule has 0 fully saturated rings. The van der Waals surface area contributed by atoms with E-state index in [0.717, 1.165) is 39.0 Å². The van der Waals surface area contributed by atoms with Gasteiger partial charge in [0.15, 0.2) is 5.16 Å². The van der Waals surface area contributed by atoms with Gasteiger partial charge in [0, 0.05) is 33.8 Å². The fraction of sp³-hybridized carbons (Fsp3) is 0.333. The van der Waals surface area contributed by atoms with E-state index in [9.17, 15) is 0 Å². The van der Waals surface area contributed by atoms with E-state index >= 15 is 0 Å². The zero-order valence-electron chi connectivity index (χ0n) is 11.9. The third-order valence-corrected chi connectivity index (χ3v) is 4.68. The highest BCUT2D eigenvalue weighted by atomic mass is 79.9. The minimum absolute atomic E-state index is 0.861. The molecule has 20 heavy (non-hydrogen) atoms. The minimum Gasteiger partial charge on any atom is -0.383 e. The Labute approximate surface area is 132 Å². The summed E-state index contributed by atoms with van der Waals surface area (Å²) in [4.78, 5) is 9.02. The first-order chi connectivity index (χ1) is 9.58. The normalized spacial score (nSPS) is 10.6. The first-order valence-corrected chi connectivity index (χ1v) is 8.29. The van der Waals surface area contributed by atoms with Gasteiger partial charge >= 0.3 is 0 Å². The molecule has 0 unspecified atom stereocenters. The van der Waals surface area contributed by atoms with Gasteiger partial charge in [0.25, 0.3) is 0 Å². The van der Waals surface area contributed by atoms with Crippen LogP contribution >= 0.6 is 27.7 Å². The number of aromatic nitrogens is 2. The Balaban J connectivity index is 1.86. The molecule has 0 aliphatic rings. The van der Waals surface area contributed by atoms with Gasteiger partial charge in [-0.05, 0) is 54.4 Å². The molecule has 1 heterocycles. The number of para-hydroxylation sites is 1. The predicted octanol–water partition coefficient (Wildman–Crippen LogP) is 4.37. The maximum absolute atomic E-state index is 4.51. The number of halogens is 1. The van der Waals surface area contributed by atoms with Crippen LogP contribution in [0.1, 0.15) is 17.0 Å². The summed E-state index contributed by atoms with van der Waals surface area (Å²) in [5, 5.41) is 4.26. The lowest BCUT2D eigenvalue weighted by molar-refractivity contribution is 0.880. The van der Waals surface area contributed by atoms with Gasteiger partial charge in [-0.15, -0.1) is 0 Å². The third kappa shape index (κ3) is 3.96. The monoisotopic (exact) mass is 351 g/mol. The lowest BCUT2D eigenvalue weighted by Gasteiger charge is -2.09. The van der Waals surface area contributed by atoms with Gasteiger partial charge in [-0.3, -0.25) is 0 Å². The Kier molecular flexibility index (Phi) is 5.43. The molecule has 1 aromatic carbocycles. The van der Waals surface area contributed by atoms with E-state index < -0.39 is 0 Å². The summed E-state index contributed by atoms with van der Waals surface area (Å²) in [5.41, 5.74) is 4.43. The summed E-state index contributed by atoms with van der Waals surface area (Å²) >= 11 is 5.21. The lowest BCUT2D eigenvalue weighted by Crippen LogP contribution is -2.06. The fourth-order valence-electron chi connectivity index (χ4n) is 1.74. The van der Waals surface area contributed by atoms with Crippen molar-refractivity contribution in [2.24, 2.45) is 0 Å². The topological polar surface area (TPSA) is 37.8 Å². The van der Waals surface area contributed by atoms with E-state index in [1.54, 1.807) is 11.8 Å². The minimum atomic E-state index is 0.861. The van der Waals surface area contributed by atoms with Crippen molar-refractivity contribution in [3.05, 3.63) is 45.7 Å². The van der Waals surface area contributed by atoms with Crippen LogP contribution in [0.3, 0.4) is 0 Å². The summed E-state index contributed by atoms with van der Waals surface area (Å²) < 4.78 is 1.09. The third-order valence-electron chi connectivity index (χ3n) is 3.13. The molecule has 0 saturated heterocycles. The maximum atomic E-state index is 4.51. The summed E-state index contributed by atoms with van der Waals surface area (Å²) in [7, 11) is 0. The predicted molar refractivity (Wildman–Crippen MR) is 89.6 cm³/mol. The Morgan fingerprint density at radius 3 is 2.40 bits per heavy atom. The van der Waals surface area contributed by atoms with Crippen molar-refractivity contribution in [2.75, 3.05) is 17.6 Å². The van der Waals surface area contributed by atoms with Crippen molar-refractivity contribution in [1.82, 2.24) is 9.97 Å². The molecule has 0 spiro atoms. The van der Waals surface area contributed by atoms with Gasteiger partial charge < -0.3 is 5.32 Å². The molecule has 0 saturated carbocycles. The molecule has 106 valence electrons. The SMILES string of the molecule is Cc1nc(SCCNc2ccccc2Br)nc(C)c1C. The molecule has 5 heteroatoms. The van der Waals surface area contributed by atoms with Crippen molar-refractivity contribution >= 4 is 33.4 Å². The van der Waals surface area contributed by atoms with Gasteiger partial charge in [0.1, 0.15) is 0 Å². The van der Waals surface area contributed by atoms with Crippen molar-refractivity contribution in [2.45, 2.75) is 25.9 Å². The first-order valence-electron chi connectivity index (χ1n) is 6.51. The van der Waals surface area contributed by atoms with Crippen LogP contribution in [-0.4, -0.2) is 22.3 Å². The second-order valence-electron chi connectivity index (χ2n) is 4.56. The molecule has 0 radical (unpaired) electrons. The van der Waals surface area contributed by atoms with E-state index in [4.69, 9.17) is 0 Å². The largest absolute Gasteiger partial charge is 0.383 e. The summed E-state index contributed by atoms with van der Waals surface area (Å²) in [5.74, 6) is 0.934. The fourth-order valence-corrected chi connectivity index (χ4v) is 2.95. The molecule has 0 bridgehead atoms. The number of aryl methyl sites for hydroxylation is 2. The van der Waals surface area contributed by atoms with Crippen molar-refractivity contribution in [1.29, 1.82) is 0 Å². The Bertz CT molecular complexity index is 578. The number of rotatable bonds is 5. The van der Waals surface area contributed by atoms with Crippen LogP contribution in [0.15, 0.2) is 33.9 Å². The number of anilines is 1. The molecule has 1 aromatic heterocycles. The summed E-state index contributed by atoms with van der Waals surface area (Å²) in [6, 6.07) is 8.13.